The molecule has 1 nitrogen and oxygen atoms in total. The molecule has 0 heterocycles. The second kappa shape index (κ2) is 8.08. The Morgan fingerprint density at radius 3 is 2.07 bits per heavy atom. The Labute approximate surface area is 155 Å². The first-order valence-electron chi connectivity index (χ1n) is 8.35. The van der Waals surface area contributed by atoms with Gasteiger partial charge in [-0.2, -0.15) is 13.2 Å². The second-order valence-corrected chi connectivity index (χ2v) is 5.99. The Bertz CT molecular complexity index is 903. The molecule has 0 amide bonds. The van der Waals surface area contributed by atoms with Crippen LogP contribution in [0.25, 0.3) is 6.08 Å². The largest absolute Gasteiger partial charge is 0.419 e. The Morgan fingerprint density at radius 2 is 1.44 bits per heavy atom. The number of benzene rings is 3. The van der Waals surface area contributed by atoms with Crippen LogP contribution in [0.5, 0.6) is 0 Å². The molecule has 1 N–H and O–H groups in total. The van der Waals surface area contributed by atoms with Crippen LogP contribution in [-0.4, -0.2) is 0 Å². The van der Waals surface area contributed by atoms with Crippen molar-refractivity contribution >= 4 is 11.8 Å². The van der Waals surface area contributed by atoms with Crippen LogP contribution in [-0.2, 0) is 6.18 Å². The van der Waals surface area contributed by atoms with Crippen LogP contribution in [0.1, 0.15) is 22.7 Å². The van der Waals surface area contributed by atoms with Crippen LogP contribution in [0.3, 0.4) is 0 Å². The lowest BCUT2D eigenvalue weighted by molar-refractivity contribution is -0.139. The van der Waals surface area contributed by atoms with Crippen LogP contribution in [0.15, 0.2) is 84.9 Å². The molecule has 3 rings (SSSR count). The van der Waals surface area contributed by atoms with Crippen molar-refractivity contribution in [3.63, 3.8) is 0 Å². The summed E-state index contributed by atoms with van der Waals surface area (Å²) in [6.07, 6.45) is -0.996. The molecule has 0 saturated heterocycles. The number of hydrogen-bond donors (Lipinski definition) is 1. The zero-order valence-electron chi connectivity index (χ0n) is 14.2. The fourth-order valence-corrected chi connectivity index (χ4v) is 2.69. The average Bonchev–Trinajstić information content (AvgIpc) is 2.67. The molecule has 138 valence electrons. The summed E-state index contributed by atoms with van der Waals surface area (Å²) in [7, 11) is 0. The molecular weight excluding hydrogens is 354 g/mol. The molecule has 1 unspecified atom stereocenters. The first kappa shape index (κ1) is 18.7. The number of alkyl halides is 3. The van der Waals surface area contributed by atoms with E-state index < -0.39 is 17.6 Å². The van der Waals surface area contributed by atoms with Crippen molar-refractivity contribution < 1.29 is 17.6 Å². The molecule has 0 aromatic heterocycles. The van der Waals surface area contributed by atoms with Crippen LogP contribution >= 0.6 is 0 Å². The predicted octanol–water partition coefficient (Wildman–Crippen LogP) is 6.71. The lowest BCUT2D eigenvalue weighted by Gasteiger charge is -2.18. The van der Waals surface area contributed by atoms with E-state index in [9.17, 15) is 17.6 Å². The van der Waals surface area contributed by atoms with Gasteiger partial charge in [0.15, 0.2) is 0 Å². The number of anilines is 1. The maximum atomic E-state index is 13.5. The van der Waals surface area contributed by atoms with Gasteiger partial charge in [0, 0.05) is 5.69 Å². The highest BCUT2D eigenvalue weighted by molar-refractivity contribution is 5.55. The van der Waals surface area contributed by atoms with E-state index in [0.717, 1.165) is 23.3 Å². The summed E-state index contributed by atoms with van der Waals surface area (Å²) < 4.78 is 52.5. The third-order valence-corrected chi connectivity index (χ3v) is 4.03. The van der Waals surface area contributed by atoms with Crippen molar-refractivity contribution in [3.8, 4) is 0 Å². The minimum Gasteiger partial charge on any atom is -0.375 e. The van der Waals surface area contributed by atoms with Crippen molar-refractivity contribution in [2.24, 2.45) is 0 Å². The van der Waals surface area contributed by atoms with Gasteiger partial charge in [-0.05, 0) is 29.3 Å². The normalized spacial score (nSPS) is 12.9. The van der Waals surface area contributed by atoms with Crippen LogP contribution in [0.2, 0.25) is 0 Å². The first-order valence-corrected chi connectivity index (χ1v) is 8.35. The highest BCUT2D eigenvalue weighted by Crippen LogP contribution is 2.34. The topological polar surface area (TPSA) is 12.0 Å². The van der Waals surface area contributed by atoms with Gasteiger partial charge in [-0.3, -0.25) is 0 Å². The molecule has 5 heteroatoms. The van der Waals surface area contributed by atoms with Gasteiger partial charge >= 0.3 is 6.18 Å². The molecule has 3 aromatic carbocycles. The molecule has 0 fully saturated rings. The zero-order chi connectivity index (χ0) is 19.3. The van der Waals surface area contributed by atoms with Gasteiger partial charge in [-0.15, -0.1) is 0 Å². The Balaban J connectivity index is 1.91. The van der Waals surface area contributed by atoms with Crippen molar-refractivity contribution in [3.05, 3.63) is 107 Å². The van der Waals surface area contributed by atoms with Crippen molar-refractivity contribution in [2.75, 3.05) is 5.32 Å². The summed E-state index contributed by atoms with van der Waals surface area (Å²) in [4.78, 5) is 0. The number of rotatable bonds is 5. The molecule has 0 radical (unpaired) electrons. The van der Waals surface area contributed by atoms with Crippen molar-refractivity contribution in [2.45, 2.75) is 12.2 Å². The fraction of sp³-hybridized carbons (Fsp3) is 0.0909. The van der Waals surface area contributed by atoms with Gasteiger partial charge in [0.2, 0.25) is 0 Å². The van der Waals surface area contributed by atoms with E-state index in [1.807, 2.05) is 72.8 Å². The number of halogens is 4. The molecular formula is C22H17F4N. The maximum absolute atomic E-state index is 13.5. The van der Waals surface area contributed by atoms with Crippen molar-refractivity contribution in [1.29, 1.82) is 0 Å². The molecule has 0 aliphatic heterocycles. The molecule has 0 bridgehead atoms. The first-order chi connectivity index (χ1) is 12.9. The monoisotopic (exact) mass is 371 g/mol. The molecule has 1 atom stereocenters. The molecule has 0 aliphatic carbocycles. The predicted molar refractivity (Wildman–Crippen MR) is 99.7 cm³/mol. The highest BCUT2D eigenvalue weighted by atomic mass is 19.4. The Morgan fingerprint density at radius 1 is 0.815 bits per heavy atom. The summed E-state index contributed by atoms with van der Waals surface area (Å²) in [5.41, 5.74) is 0.750. The summed E-state index contributed by atoms with van der Waals surface area (Å²) in [6.45, 7) is 0. The SMILES string of the molecule is Fc1ccc(NC(/C=C/c2ccccc2)c2ccccc2)cc1C(F)(F)F. The number of hydrogen-bond acceptors (Lipinski definition) is 1. The lowest BCUT2D eigenvalue weighted by Crippen LogP contribution is -2.12. The van der Waals surface area contributed by atoms with Gasteiger partial charge in [0.25, 0.3) is 0 Å². The smallest absolute Gasteiger partial charge is 0.375 e. The second-order valence-electron chi connectivity index (χ2n) is 5.99. The molecule has 0 spiro atoms. The Hall–Kier alpha value is -3.08. The van der Waals surface area contributed by atoms with Gasteiger partial charge in [-0.25, -0.2) is 4.39 Å². The minimum atomic E-state index is -4.75. The van der Waals surface area contributed by atoms with Crippen molar-refractivity contribution in [1.82, 2.24) is 0 Å². The fourth-order valence-electron chi connectivity index (χ4n) is 2.69. The highest BCUT2D eigenvalue weighted by Gasteiger charge is 2.34. The molecule has 0 aliphatic rings. The summed E-state index contributed by atoms with van der Waals surface area (Å²) in [6, 6.07) is 21.4. The quantitative estimate of drug-likeness (QED) is 0.492. The summed E-state index contributed by atoms with van der Waals surface area (Å²) in [5.74, 6) is -1.29. The summed E-state index contributed by atoms with van der Waals surface area (Å²) >= 11 is 0. The average molecular weight is 371 g/mol. The van der Waals surface area contributed by atoms with E-state index in [0.29, 0.717) is 0 Å². The van der Waals surface area contributed by atoms with Crippen LogP contribution in [0, 0.1) is 5.82 Å². The molecule has 27 heavy (non-hydrogen) atoms. The molecule has 3 aromatic rings. The van der Waals surface area contributed by atoms with Gasteiger partial charge in [0.05, 0.1) is 11.6 Å². The molecule has 0 saturated carbocycles. The third-order valence-electron chi connectivity index (χ3n) is 4.03. The zero-order valence-corrected chi connectivity index (χ0v) is 14.2. The van der Waals surface area contributed by atoms with Crippen LogP contribution < -0.4 is 5.32 Å². The van der Waals surface area contributed by atoms with E-state index in [1.54, 1.807) is 0 Å². The van der Waals surface area contributed by atoms with Gasteiger partial charge in [0.1, 0.15) is 5.82 Å². The van der Waals surface area contributed by atoms with E-state index in [-0.39, 0.29) is 11.7 Å². The van der Waals surface area contributed by atoms with E-state index in [1.165, 1.54) is 6.07 Å². The standard InChI is InChI=1S/C22H17F4N/c23-20-13-12-18(15-19(20)22(24,25)26)27-21(17-9-5-2-6-10-17)14-11-16-7-3-1-4-8-16/h1-15,21,27H/b14-11+. The minimum absolute atomic E-state index is 0.190. The van der Waals surface area contributed by atoms with Gasteiger partial charge in [-0.1, -0.05) is 72.8 Å². The maximum Gasteiger partial charge on any atom is 0.419 e. The van der Waals surface area contributed by atoms with E-state index in [4.69, 9.17) is 0 Å². The lowest BCUT2D eigenvalue weighted by atomic mass is 10.0. The summed E-state index contributed by atoms with van der Waals surface area (Å²) in [5, 5.41) is 3.05. The Kier molecular flexibility index (Phi) is 5.60. The van der Waals surface area contributed by atoms with E-state index >= 15 is 0 Å². The third kappa shape index (κ3) is 4.97. The van der Waals surface area contributed by atoms with Crippen LogP contribution in [0.4, 0.5) is 23.2 Å². The number of nitrogens with one attached hydrogen (secondary N) is 1. The van der Waals surface area contributed by atoms with Gasteiger partial charge < -0.3 is 5.32 Å². The van der Waals surface area contributed by atoms with E-state index in [2.05, 4.69) is 5.32 Å².